The smallest absolute Gasteiger partial charge is 0.307 e. The average Bonchev–Trinajstić information content (AvgIpc) is 2.47. The van der Waals surface area contributed by atoms with Crippen molar-refractivity contribution in [1.29, 1.82) is 0 Å². The van der Waals surface area contributed by atoms with Crippen molar-refractivity contribution in [3.63, 3.8) is 0 Å². The van der Waals surface area contributed by atoms with Crippen LogP contribution >= 0.6 is 23.2 Å². The third kappa shape index (κ3) is 5.81. The van der Waals surface area contributed by atoms with Crippen LogP contribution in [0, 0.1) is 0 Å². The Labute approximate surface area is 134 Å². The summed E-state index contributed by atoms with van der Waals surface area (Å²) in [5.74, 6) is 0.426. The van der Waals surface area contributed by atoms with E-state index in [0.29, 0.717) is 29.1 Å². The summed E-state index contributed by atoms with van der Waals surface area (Å²) in [4.78, 5) is 17.2. The third-order valence-corrected chi connectivity index (χ3v) is 3.56. The lowest BCUT2D eigenvalue weighted by Crippen LogP contribution is -2.39. The van der Waals surface area contributed by atoms with E-state index in [0.717, 1.165) is 5.56 Å². The number of guanidine groups is 1. The monoisotopic (exact) mass is 331 g/mol. The number of methoxy groups -OCH3 is 1. The van der Waals surface area contributed by atoms with Crippen LogP contribution in [-0.4, -0.2) is 44.6 Å². The Kier molecular flexibility index (Phi) is 7.32. The molecule has 0 saturated carbocycles. The van der Waals surface area contributed by atoms with Gasteiger partial charge in [0.2, 0.25) is 0 Å². The molecule has 0 aliphatic carbocycles. The van der Waals surface area contributed by atoms with Crippen molar-refractivity contribution in [2.45, 2.75) is 13.0 Å². The second kappa shape index (κ2) is 8.74. The van der Waals surface area contributed by atoms with Gasteiger partial charge in [0.1, 0.15) is 0 Å². The number of carbonyl (C=O) groups is 1. The third-order valence-electron chi connectivity index (χ3n) is 2.82. The molecular weight excluding hydrogens is 313 g/mol. The molecule has 0 saturated heterocycles. The number of halogens is 2. The molecule has 0 bridgehead atoms. The van der Waals surface area contributed by atoms with Gasteiger partial charge in [-0.3, -0.25) is 9.79 Å². The van der Waals surface area contributed by atoms with Gasteiger partial charge < -0.3 is 15.0 Å². The summed E-state index contributed by atoms with van der Waals surface area (Å²) in [6.45, 7) is 1.08. The first-order valence-electron chi connectivity index (χ1n) is 6.40. The second-order valence-electron chi connectivity index (χ2n) is 4.40. The first kappa shape index (κ1) is 17.6. The average molecular weight is 332 g/mol. The molecule has 1 N–H and O–H groups in total. The SMILES string of the molecule is CN=C(NCCC(=O)OC)N(C)Cc1ccc(Cl)c(Cl)c1. The zero-order valence-corrected chi connectivity index (χ0v) is 13.8. The van der Waals surface area contributed by atoms with E-state index in [-0.39, 0.29) is 12.4 Å². The van der Waals surface area contributed by atoms with Crippen molar-refractivity contribution in [2.24, 2.45) is 4.99 Å². The molecule has 0 fully saturated rings. The van der Waals surface area contributed by atoms with Crippen molar-refractivity contribution in [3.8, 4) is 0 Å². The van der Waals surface area contributed by atoms with E-state index in [2.05, 4.69) is 15.0 Å². The second-order valence-corrected chi connectivity index (χ2v) is 5.22. The van der Waals surface area contributed by atoms with E-state index in [4.69, 9.17) is 23.2 Å². The van der Waals surface area contributed by atoms with E-state index >= 15 is 0 Å². The maximum absolute atomic E-state index is 11.1. The Balaban J connectivity index is 2.56. The summed E-state index contributed by atoms with van der Waals surface area (Å²) in [5.41, 5.74) is 1.02. The van der Waals surface area contributed by atoms with Gasteiger partial charge in [-0.1, -0.05) is 29.3 Å². The van der Waals surface area contributed by atoms with E-state index in [9.17, 15) is 4.79 Å². The summed E-state index contributed by atoms with van der Waals surface area (Å²) in [5, 5.41) is 4.15. The Morgan fingerprint density at radius 3 is 2.67 bits per heavy atom. The molecule has 21 heavy (non-hydrogen) atoms. The standard InChI is InChI=1S/C14H19Cl2N3O2/c1-17-14(18-7-6-13(20)21-3)19(2)9-10-4-5-11(15)12(16)8-10/h4-5,8H,6-7,9H2,1-3H3,(H,17,18). The number of benzene rings is 1. The first-order valence-corrected chi connectivity index (χ1v) is 7.16. The van der Waals surface area contributed by atoms with Crippen molar-refractivity contribution < 1.29 is 9.53 Å². The normalized spacial score (nSPS) is 11.2. The highest BCUT2D eigenvalue weighted by atomic mass is 35.5. The largest absolute Gasteiger partial charge is 0.469 e. The van der Waals surface area contributed by atoms with E-state index in [1.165, 1.54) is 7.11 Å². The van der Waals surface area contributed by atoms with Crippen molar-refractivity contribution in [1.82, 2.24) is 10.2 Å². The lowest BCUT2D eigenvalue weighted by molar-refractivity contribution is -0.140. The Morgan fingerprint density at radius 1 is 1.38 bits per heavy atom. The van der Waals surface area contributed by atoms with Gasteiger partial charge in [0.25, 0.3) is 0 Å². The molecule has 1 rings (SSSR count). The number of hydrogen-bond donors (Lipinski definition) is 1. The highest BCUT2D eigenvalue weighted by molar-refractivity contribution is 6.42. The van der Waals surface area contributed by atoms with Gasteiger partial charge in [-0.15, -0.1) is 0 Å². The lowest BCUT2D eigenvalue weighted by atomic mass is 10.2. The fourth-order valence-electron chi connectivity index (χ4n) is 1.75. The van der Waals surface area contributed by atoms with Gasteiger partial charge in [-0.05, 0) is 17.7 Å². The first-order chi connectivity index (χ1) is 9.97. The number of nitrogens with one attached hydrogen (secondary N) is 1. The number of ether oxygens (including phenoxy) is 1. The maximum atomic E-state index is 11.1. The van der Waals surface area contributed by atoms with Crippen molar-refractivity contribution in [3.05, 3.63) is 33.8 Å². The summed E-state index contributed by atoms with van der Waals surface area (Å²) in [6, 6.07) is 5.50. The number of hydrogen-bond acceptors (Lipinski definition) is 3. The zero-order chi connectivity index (χ0) is 15.8. The minimum Gasteiger partial charge on any atom is -0.469 e. The van der Waals surface area contributed by atoms with Crippen LogP contribution in [0.1, 0.15) is 12.0 Å². The number of carbonyl (C=O) groups excluding carboxylic acids is 1. The molecule has 0 aromatic heterocycles. The molecule has 0 amide bonds. The molecule has 0 radical (unpaired) electrons. The predicted octanol–water partition coefficient (Wildman–Crippen LogP) is 2.56. The highest BCUT2D eigenvalue weighted by Crippen LogP contribution is 2.23. The Bertz CT molecular complexity index is 521. The summed E-state index contributed by atoms with van der Waals surface area (Å²) < 4.78 is 4.59. The Hall–Kier alpha value is -1.46. The quantitative estimate of drug-likeness (QED) is 0.512. The molecule has 0 unspecified atom stereocenters. The van der Waals surface area contributed by atoms with Crippen LogP contribution in [0.25, 0.3) is 0 Å². The summed E-state index contributed by atoms with van der Waals surface area (Å²) in [7, 11) is 4.95. The number of nitrogens with zero attached hydrogens (tertiary/aromatic N) is 2. The molecule has 0 heterocycles. The van der Waals surface area contributed by atoms with Crippen LogP contribution in [0.15, 0.2) is 23.2 Å². The number of rotatable bonds is 5. The van der Waals surface area contributed by atoms with Gasteiger partial charge in [0.05, 0.1) is 23.6 Å². The maximum Gasteiger partial charge on any atom is 0.307 e. The van der Waals surface area contributed by atoms with Gasteiger partial charge in [-0.2, -0.15) is 0 Å². The lowest BCUT2D eigenvalue weighted by Gasteiger charge is -2.22. The molecule has 0 spiro atoms. The van der Waals surface area contributed by atoms with Crippen LogP contribution in [0.2, 0.25) is 10.0 Å². The van der Waals surface area contributed by atoms with Crippen LogP contribution in [0.5, 0.6) is 0 Å². The van der Waals surface area contributed by atoms with Crippen LogP contribution < -0.4 is 5.32 Å². The predicted molar refractivity (Wildman–Crippen MR) is 85.9 cm³/mol. The molecule has 0 atom stereocenters. The fourth-order valence-corrected chi connectivity index (χ4v) is 2.07. The summed E-state index contributed by atoms with van der Waals surface area (Å²) in [6.07, 6.45) is 0.288. The van der Waals surface area contributed by atoms with Crippen molar-refractivity contribution in [2.75, 3.05) is 27.7 Å². The number of aliphatic imine (C=N–C) groups is 1. The molecule has 1 aromatic rings. The van der Waals surface area contributed by atoms with E-state index in [1.807, 2.05) is 24.1 Å². The van der Waals surface area contributed by atoms with Crippen LogP contribution in [0.4, 0.5) is 0 Å². The van der Waals surface area contributed by atoms with Gasteiger partial charge in [0.15, 0.2) is 5.96 Å². The molecule has 1 aromatic carbocycles. The molecule has 7 heteroatoms. The van der Waals surface area contributed by atoms with Gasteiger partial charge >= 0.3 is 5.97 Å². The van der Waals surface area contributed by atoms with Crippen LogP contribution in [0.3, 0.4) is 0 Å². The molecule has 116 valence electrons. The molecule has 5 nitrogen and oxygen atoms in total. The summed E-state index contributed by atoms with van der Waals surface area (Å²) >= 11 is 11.9. The topological polar surface area (TPSA) is 53.9 Å². The van der Waals surface area contributed by atoms with Crippen molar-refractivity contribution >= 4 is 35.1 Å². The van der Waals surface area contributed by atoms with E-state index < -0.39 is 0 Å². The Morgan fingerprint density at radius 2 is 2.10 bits per heavy atom. The minimum absolute atomic E-state index is 0.259. The molecule has 0 aliphatic rings. The van der Waals surface area contributed by atoms with E-state index in [1.54, 1.807) is 13.1 Å². The highest BCUT2D eigenvalue weighted by Gasteiger charge is 2.08. The van der Waals surface area contributed by atoms with Gasteiger partial charge in [0, 0.05) is 27.2 Å². The van der Waals surface area contributed by atoms with Crippen LogP contribution in [-0.2, 0) is 16.1 Å². The molecular formula is C14H19Cl2N3O2. The number of esters is 1. The zero-order valence-electron chi connectivity index (χ0n) is 12.3. The molecule has 0 aliphatic heterocycles. The fraction of sp³-hybridized carbons (Fsp3) is 0.429. The minimum atomic E-state index is -0.259. The van der Waals surface area contributed by atoms with Gasteiger partial charge in [-0.25, -0.2) is 0 Å².